The van der Waals surface area contributed by atoms with Crippen molar-refractivity contribution < 1.29 is 18.7 Å². The van der Waals surface area contributed by atoms with Crippen LogP contribution in [0.2, 0.25) is 0 Å². The van der Waals surface area contributed by atoms with E-state index in [0.717, 1.165) is 23.7 Å². The number of nitrogen functional groups attached to an aromatic ring is 1. The summed E-state index contributed by atoms with van der Waals surface area (Å²) in [6.07, 6.45) is 4.43. The number of likely N-dealkylation sites (tertiary alicyclic amines) is 1. The number of carbonyl (C=O) groups excluding carboxylic acids is 1. The van der Waals surface area contributed by atoms with Crippen LogP contribution in [0.5, 0.6) is 11.6 Å². The largest absolute Gasteiger partial charge is 0.464 e. The zero-order chi connectivity index (χ0) is 23.4. The fourth-order valence-electron chi connectivity index (χ4n) is 3.89. The highest BCUT2D eigenvalue weighted by Crippen LogP contribution is 2.40. The number of benzene rings is 1. The summed E-state index contributed by atoms with van der Waals surface area (Å²) >= 11 is 3.56. The number of alkyl halides is 1. The first-order chi connectivity index (χ1) is 15.9. The molecule has 2 aromatic rings. The molecule has 178 valence electrons. The number of carbonyl (C=O) groups is 1. The number of piperidine rings is 1. The lowest BCUT2D eigenvalue weighted by Crippen LogP contribution is -2.47. The summed E-state index contributed by atoms with van der Waals surface area (Å²) in [5, 5.41) is 3.40. The lowest BCUT2D eigenvalue weighted by Gasteiger charge is -2.34. The van der Waals surface area contributed by atoms with Gasteiger partial charge in [0.25, 0.3) is 0 Å². The number of nitrogens with two attached hydrogens (primary N) is 1. The molecule has 2 aliphatic rings. The molecule has 33 heavy (non-hydrogen) atoms. The van der Waals surface area contributed by atoms with Crippen LogP contribution in [0, 0.1) is 5.92 Å². The van der Waals surface area contributed by atoms with E-state index in [4.69, 9.17) is 15.2 Å². The van der Waals surface area contributed by atoms with Gasteiger partial charge in [-0.3, -0.25) is 4.90 Å². The van der Waals surface area contributed by atoms with E-state index in [1.807, 2.05) is 24.3 Å². The number of anilines is 2. The number of nitrogens with one attached hydrogen (secondary N) is 1. The Hall–Kier alpha value is -2.39. The Bertz CT molecular complexity index is 994. The van der Waals surface area contributed by atoms with Crippen molar-refractivity contribution in [3.05, 3.63) is 40.5 Å². The summed E-state index contributed by atoms with van der Waals surface area (Å²) in [5.74, 6) is 1.03. The van der Waals surface area contributed by atoms with Crippen molar-refractivity contribution in [1.82, 2.24) is 9.88 Å². The van der Waals surface area contributed by atoms with Crippen LogP contribution in [-0.4, -0.2) is 47.8 Å². The minimum atomic E-state index is -1.90. The molecule has 7 nitrogen and oxygen atoms in total. The van der Waals surface area contributed by atoms with Gasteiger partial charge in [0, 0.05) is 50.8 Å². The van der Waals surface area contributed by atoms with Crippen LogP contribution < -0.4 is 15.8 Å². The van der Waals surface area contributed by atoms with Crippen LogP contribution in [0.1, 0.15) is 38.2 Å². The maximum absolute atomic E-state index is 14.9. The normalized spacial score (nSPS) is 18.0. The van der Waals surface area contributed by atoms with Gasteiger partial charge in [0.15, 0.2) is 0 Å². The molecule has 0 radical (unpaired) electrons. The Labute approximate surface area is 202 Å². The topological polar surface area (TPSA) is 89.7 Å². The molecule has 4 rings (SSSR count). The predicted molar refractivity (Wildman–Crippen MR) is 129 cm³/mol. The minimum absolute atomic E-state index is 0.111. The van der Waals surface area contributed by atoms with Gasteiger partial charge in [-0.15, -0.1) is 0 Å². The van der Waals surface area contributed by atoms with Crippen molar-refractivity contribution >= 4 is 33.3 Å². The summed E-state index contributed by atoms with van der Waals surface area (Å²) in [4.78, 5) is 18.4. The van der Waals surface area contributed by atoms with E-state index in [2.05, 4.69) is 31.1 Å². The molecular weight excluding hydrogens is 491 g/mol. The van der Waals surface area contributed by atoms with Crippen LogP contribution >= 0.6 is 15.9 Å². The highest BCUT2D eigenvalue weighted by Gasteiger charge is 2.43. The smallest absolute Gasteiger partial charge is 0.343 e. The Kier molecular flexibility index (Phi) is 7.38. The molecule has 0 spiro atoms. The minimum Gasteiger partial charge on any atom is -0.464 e. The van der Waals surface area contributed by atoms with Crippen molar-refractivity contribution in [1.29, 1.82) is 0 Å². The molecule has 1 saturated heterocycles. The number of nitrogens with zero attached hydrogens (tertiary/aromatic N) is 2. The summed E-state index contributed by atoms with van der Waals surface area (Å²) < 4.78 is 26.6. The molecule has 1 saturated carbocycles. The van der Waals surface area contributed by atoms with E-state index >= 15 is 0 Å². The van der Waals surface area contributed by atoms with Gasteiger partial charge in [-0.05, 0) is 59.8 Å². The Morgan fingerprint density at radius 3 is 2.79 bits per heavy atom. The van der Waals surface area contributed by atoms with Crippen LogP contribution in [0.25, 0.3) is 0 Å². The number of pyridine rings is 1. The Balaban J connectivity index is 1.41. The van der Waals surface area contributed by atoms with Crippen molar-refractivity contribution in [3.8, 4) is 11.6 Å². The zero-order valence-electron chi connectivity index (χ0n) is 18.8. The molecular formula is C24H30BrFN4O3. The van der Waals surface area contributed by atoms with E-state index in [1.165, 1.54) is 12.8 Å². The molecule has 0 bridgehead atoms. The number of ether oxygens (including phenoxy) is 2. The third-order valence-corrected chi connectivity index (χ3v) is 6.98. The van der Waals surface area contributed by atoms with Gasteiger partial charge in [0.2, 0.25) is 11.5 Å². The third kappa shape index (κ3) is 5.76. The average Bonchev–Trinajstić information content (AvgIpc) is 3.64. The summed E-state index contributed by atoms with van der Waals surface area (Å²) in [6, 6.07) is 7.57. The predicted octanol–water partition coefficient (Wildman–Crippen LogP) is 4.91. The molecule has 1 aromatic heterocycles. The van der Waals surface area contributed by atoms with Gasteiger partial charge >= 0.3 is 5.97 Å². The van der Waals surface area contributed by atoms with Crippen LogP contribution in [0.3, 0.4) is 0 Å². The van der Waals surface area contributed by atoms with Gasteiger partial charge in [-0.1, -0.05) is 6.07 Å². The maximum Gasteiger partial charge on any atom is 0.343 e. The summed E-state index contributed by atoms with van der Waals surface area (Å²) in [5.41, 5.74) is 6.76. The third-order valence-electron chi connectivity index (χ3n) is 6.16. The molecule has 1 aliphatic carbocycles. The second-order valence-corrected chi connectivity index (χ2v) is 9.49. The van der Waals surface area contributed by atoms with Crippen molar-refractivity contribution in [2.24, 2.45) is 5.92 Å². The zero-order valence-corrected chi connectivity index (χ0v) is 20.4. The number of rotatable bonds is 9. The second-order valence-electron chi connectivity index (χ2n) is 8.69. The SMILES string of the molecule is CCOC(=O)C1(F)CCN(Cc2cccnc2Oc2ccc(NCC3CC3)c(N)c2Br)CC1. The highest BCUT2D eigenvalue weighted by molar-refractivity contribution is 9.10. The number of esters is 1. The molecule has 0 unspecified atom stereocenters. The van der Waals surface area contributed by atoms with E-state index in [0.29, 0.717) is 41.4 Å². The molecule has 2 fully saturated rings. The van der Waals surface area contributed by atoms with Gasteiger partial charge in [-0.25, -0.2) is 14.2 Å². The fraction of sp³-hybridized carbons (Fsp3) is 0.500. The lowest BCUT2D eigenvalue weighted by molar-refractivity contribution is -0.160. The van der Waals surface area contributed by atoms with Crippen LogP contribution in [0.15, 0.2) is 34.9 Å². The van der Waals surface area contributed by atoms with Gasteiger partial charge in [-0.2, -0.15) is 0 Å². The van der Waals surface area contributed by atoms with E-state index in [9.17, 15) is 9.18 Å². The van der Waals surface area contributed by atoms with Crippen molar-refractivity contribution in [2.45, 2.75) is 44.8 Å². The lowest BCUT2D eigenvalue weighted by atomic mass is 9.93. The quantitative estimate of drug-likeness (QED) is 0.358. The van der Waals surface area contributed by atoms with Gasteiger partial charge in [0.1, 0.15) is 5.75 Å². The van der Waals surface area contributed by atoms with Gasteiger partial charge in [0.05, 0.1) is 22.5 Å². The summed E-state index contributed by atoms with van der Waals surface area (Å²) in [7, 11) is 0. The maximum atomic E-state index is 14.9. The van der Waals surface area contributed by atoms with E-state index < -0.39 is 11.6 Å². The van der Waals surface area contributed by atoms with Gasteiger partial charge < -0.3 is 20.5 Å². The molecule has 1 aromatic carbocycles. The van der Waals surface area contributed by atoms with E-state index in [1.54, 1.807) is 13.1 Å². The number of hydrogen-bond donors (Lipinski definition) is 2. The van der Waals surface area contributed by atoms with Crippen molar-refractivity contribution in [2.75, 3.05) is 37.3 Å². The first-order valence-electron chi connectivity index (χ1n) is 11.4. The Morgan fingerprint density at radius 1 is 1.33 bits per heavy atom. The highest BCUT2D eigenvalue weighted by atomic mass is 79.9. The fourth-order valence-corrected chi connectivity index (χ4v) is 4.32. The van der Waals surface area contributed by atoms with E-state index in [-0.39, 0.29) is 19.4 Å². The molecule has 0 amide bonds. The molecule has 9 heteroatoms. The standard InChI is InChI=1S/C24H30BrFN4O3/c1-2-32-23(31)24(26)9-12-30(13-10-24)15-17-4-3-11-28-22(17)33-19-8-7-18(21(27)20(19)25)29-14-16-5-6-16/h3-4,7-8,11,16,29H,2,5-6,9-10,12-15,27H2,1H3. The number of halogens is 2. The first kappa shape index (κ1) is 23.8. The first-order valence-corrected chi connectivity index (χ1v) is 12.2. The van der Waals surface area contributed by atoms with Crippen molar-refractivity contribution in [3.63, 3.8) is 0 Å². The summed E-state index contributed by atoms with van der Waals surface area (Å²) in [6.45, 7) is 4.22. The number of hydrogen-bond acceptors (Lipinski definition) is 7. The molecule has 0 atom stereocenters. The van der Waals surface area contributed by atoms with Crippen LogP contribution in [-0.2, 0) is 16.1 Å². The Morgan fingerprint density at radius 2 is 2.09 bits per heavy atom. The monoisotopic (exact) mass is 520 g/mol. The molecule has 1 aliphatic heterocycles. The molecule has 3 N–H and O–H groups in total. The molecule has 2 heterocycles. The number of aromatic nitrogens is 1. The average molecular weight is 521 g/mol. The van der Waals surface area contributed by atoms with Crippen LogP contribution in [0.4, 0.5) is 15.8 Å². The second kappa shape index (κ2) is 10.3.